The Hall–Kier alpha value is -4.00. The van der Waals surface area contributed by atoms with Crippen LogP contribution in [0.15, 0.2) is 72.8 Å². The number of aryl methyl sites for hydroxylation is 1. The SMILES string of the molecule is Cc1ccccc1NC(=O)c1ccccc1NC(=O)C1CC(=O)N(c2ccc(F)cc2)C1. The second-order valence-corrected chi connectivity index (χ2v) is 7.69. The topological polar surface area (TPSA) is 78.5 Å². The van der Waals surface area contributed by atoms with E-state index in [0.717, 1.165) is 5.56 Å². The number of rotatable bonds is 5. The van der Waals surface area contributed by atoms with Crippen LogP contribution in [0, 0.1) is 18.7 Å². The first kappa shape index (κ1) is 21.2. The van der Waals surface area contributed by atoms with Gasteiger partial charge in [-0.05, 0) is 55.0 Å². The monoisotopic (exact) mass is 431 g/mol. The van der Waals surface area contributed by atoms with E-state index in [4.69, 9.17) is 0 Å². The number of nitrogens with zero attached hydrogens (tertiary/aromatic N) is 1. The summed E-state index contributed by atoms with van der Waals surface area (Å²) >= 11 is 0. The van der Waals surface area contributed by atoms with Crippen molar-refractivity contribution in [3.05, 3.63) is 89.7 Å². The number of amides is 3. The van der Waals surface area contributed by atoms with Gasteiger partial charge in [0.2, 0.25) is 11.8 Å². The molecule has 0 radical (unpaired) electrons. The standard InChI is InChI=1S/C25H22FN3O3/c1-16-6-2-4-8-21(16)27-25(32)20-7-3-5-9-22(20)28-24(31)17-14-23(30)29(15-17)19-12-10-18(26)11-13-19/h2-13,17H,14-15H2,1H3,(H,27,32)(H,28,31). The van der Waals surface area contributed by atoms with Crippen LogP contribution in [-0.2, 0) is 9.59 Å². The molecule has 0 aromatic heterocycles. The van der Waals surface area contributed by atoms with E-state index in [2.05, 4.69) is 10.6 Å². The molecule has 1 saturated heterocycles. The van der Waals surface area contributed by atoms with Gasteiger partial charge in [0.1, 0.15) is 5.82 Å². The fraction of sp³-hybridized carbons (Fsp3) is 0.160. The first-order chi connectivity index (χ1) is 15.4. The summed E-state index contributed by atoms with van der Waals surface area (Å²) in [5, 5.41) is 5.66. The fourth-order valence-corrected chi connectivity index (χ4v) is 3.68. The molecule has 162 valence electrons. The maximum atomic E-state index is 13.2. The minimum absolute atomic E-state index is 0.0424. The van der Waals surface area contributed by atoms with E-state index in [0.29, 0.717) is 22.6 Å². The molecule has 0 saturated carbocycles. The third kappa shape index (κ3) is 4.51. The summed E-state index contributed by atoms with van der Waals surface area (Å²) in [4.78, 5) is 39.6. The van der Waals surface area contributed by atoms with E-state index >= 15 is 0 Å². The summed E-state index contributed by atoms with van der Waals surface area (Å²) in [6.45, 7) is 2.08. The van der Waals surface area contributed by atoms with E-state index in [1.807, 2.05) is 31.2 Å². The molecular formula is C25H22FN3O3. The van der Waals surface area contributed by atoms with E-state index < -0.39 is 11.7 Å². The van der Waals surface area contributed by atoms with Crippen LogP contribution >= 0.6 is 0 Å². The number of nitrogens with one attached hydrogen (secondary N) is 2. The lowest BCUT2D eigenvalue weighted by Crippen LogP contribution is -2.28. The largest absolute Gasteiger partial charge is 0.325 e. The minimum Gasteiger partial charge on any atom is -0.325 e. The number of hydrogen-bond acceptors (Lipinski definition) is 3. The Bertz CT molecular complexity index is 1180. The van der Waals surface area contributed by atoms with Crippen molar-refractivity contribution >= 4 is 34.8 Å². The lowest BCUT2D eigenvalue weighted by Gasteiger charge is -2.17. The van der Waals surface area contributed by atoms with Crippen LogP contribution in [0.3, 0.4) is 0 Å². The maximum absolute atomic E-state index is 13.2. The molecule has 0 spiro atoms. The van der Waals surface area contributed by atoms with Crippen LogP contribution in [0.25, 0.3) is 0 Å². The molecule has 1 aliphatic rings. The Morgan fingerprint density at radius 3 is 2.28 bits per heavy atom. The van der Waals surface area contributed by atoms with Crippen molar-refractivity contribution < 1.29 is 18.8 Å². The van der Waals surface area contributed by atoms with Gasteiger partial charge in [0.05, 0.1) is 17.2 Å². The highest BCUT2D eigenvalue weighted by atomic mass is 19.1. The van der Waals surface area contributed by atoms with E-state index in [9.17, 15) is 18.8 Å². The van der Waals surface area contributed by atoms with Gasteiger partial charge in [-0.3, -0.25) is 14.4 Å². The van der Waals surface area contributed by atoms with Gasteiger partial charge in [-0.2, -0.15) is 0 Å². The van der Waals surface area contributed by atoms with Crippen LogP contribution in [-0.4, -0.2) is 24.3 Å². The van der Waals surface area contributed by atoms with Crippen molar-refractivity contribution in [2.75, 3.05) is 22.1 Å². The molecule has 0 bridgehead atoms. The number of para-hydroxylation sites is 2. The molecule has 1 atom stereocenters. The van der Waals surface area contributed by atoms with Crippen LogP contribution in [0.5, 0.6) is 0 Å². The molecule has 0 aliphatic carbocycles. The second-order valence-electron chi connectivity index (χ2n) is 7.69. The highest BCUT2D eigenvalue weighted by Gasteiger charge is 2.35. The van der Waals surface area contributed by atoms with Crippen molar-refractivity contribution in [1.82, 2.24) is 0 Å². The smallest absolute Gasteiger partial charge is 0.257 e. The molecule has 7 heteroatoms. The van der Waals surface area contributed by atoms with Gasteiger partial charge < -0.3 is 15.5 Å². The second kappa shape index (κ2) is 9.01. The zero-order valence-electron chi connectivity index (χ0n) is 17.5. The molecule has 1 fully saturated rings. The molecule has 4 rings (SSSR count). The number of benzene rings is 3. The van der Waals surface area contributed by atoms with Gasteiger partial charge in [0, 0.05) is 24.3 Å². The summed E-state index contributed by atoms with van der Waals surface area (Å²) in [6, 6.07) is 19.7. The summed E-state index contributed by atoms with van der Waals surface area (Å²) in [5.74, 6) is -1.87. The molecule has 3 aromatic carbocycles. The number of carbonyl (C=O) groups excluding carboxylic acids is 3. The summed E-state index contributed by atoms with van der Waals surface area (Å²) in [5.41, 5.74) is 2.85. The Morgan fingerprint density at radius 2 is 1.56 bits per heavy atom. The molecule has 3 amide bonds. The zero-order valence-corrected chi connectivity index (χ0v) is 17.5. The van der Waals surface area contributed by atoms with Crippen molar-refractivity contribution in [3.8, 4) is 0 Å². The summed E-state index contributed by atoms with van der Waals surface area (Å²) in [6.07, 6.45) is 0.0424. The molecule has 2 N–H and O–H groups in total. The number of halogens is 1. The highest BCUT2D eigenvalue weighted by molar-refractivity contribution is 6.11. The Morgan fingerprint density at radius 1 is 0.906 bits per heavy atom. The van der Waals surface area contributed by atoms with Crippen LogP contribution in [0.2, 0.25) is 0 Å². The van der Waals surface area contributed by atoms with Crippen molar-refractivity contribution in [3.63, 3.8) is 0 Å². The van der Waals surface area contributed by atoms with E-state index in [1.165, 1.54) is 29.2 Å². The van der Waals surface area contributed by atoms with Crippen LogP contribution in [0.1, 0.15) is 22.3 Å². The van der Waals surface area contributed by atoms with Crippen LogP contribution < -0.4 is 15.5 Å². The summed E-state index contributed by atoms with van der Waals surface area (Å²) < 4.78 is 13.2. The first-order valence-corrected chi connectivity index (χ1v) is 10.2. The van der Waals surface area contributed by atoms with Gasteiger partial charge in [-0.15, -0.1) is 0 Å². The first-order valence-electron chi connectivity index (χ1n) is 10.2. The van der Waals surface area contributed by atoms with E-state index in [-0.39, 0.29) is 30.7 Å². The quantitative estimate of drug-likeness (QED) is 0.629. The molecule has 1 aliphatic heterocycles. The van der Waals surface area contributed by atoms with Crippen LogP contribution in [0.4, 0.5) is 21.5 Å². The summed E-state index contributed by atoms with van der Waals surface area (Å²) in [7, 11) is 0. The van der Waals surface area contributed by atoms with Crippen molar-refractivity contribution in [2.45, 2.75) is 13.3 Å². The molecular weight excluding hydrogens is 409 g/mol. The van der Waals surface area contributed by atoms with E-state index in [1.54, 1.807) is 24.3 Å². The third-order valence-corrected chi connectivity index (χ3v) is 5.46. The normalized spacial score (nSPS) is 15.5. The van der Waals surface area contributed by atoms with Gasteiger partial charge in [-0.25, -0.2) is 4.39 Å². The van der Waals surface area contributed by atoms with Gasteiger partial charge in [0.15, 0.2) is 0 Å². The fourth-order valence-electron chi connectivity index (χ4n) is 3.68. The Balaban J connectivity index is 1.47. The Kier molecular flexibility index (Phi) is 5.98. The molecule has 1 unspecified atom stereocenters. The lowest BCUT2D eigenvalue weighted by molar-refractivity contribution is -0.122. The number of carbonyl (C=O) groups is 3. The molecule has 1 heterocycles. The minimum atomic E-state index is -0.583. The predicted molar refractivity (Wildman–Crippen MR) is 121 cm³/mol. The van der Waals surface area contributed by atoms with Gasteiger partial charge in [0.25, 0.3) is 5.91 Å². The third-order valence-electron chi connectivity index (χ3n) is 5.46. The number of anilines is 3. The zero-order chi connectivity index (χ0) is 22.7. The number of hydrogen-bond donors (Lipinski definition) is 2. The van der Waals surface area contributed by atoms with Crippen molar-refractivity contribution in [1.29, 1.82) is 0 Å². The Labute approximate surface area is 185 Å². The molecule has 6 nitrogen and oxygen atoms in total. The average Bonchev–Trinajstić information content (AvgIpc) is 3.18. The predicted octanol–water partition coefficient (Wildman–Crippen LogP) is 4.38. The maximum Gasteiger partial charge on any atom is 0.257 e. The average molecular weight is 431 g/mol. The van der Waals surface area contributed by atoms with Crippen molar-refractivity contribution in [2.24, 2.45) is 5.92 Å². The molecule has 3 aromatic rings. The molecule has 32 heavy (non-hydrogen) atoms. The highest BCUT2D eigenvalue weighted by Crippen LogP contribution is 2.27. The lowest BCUT2D eigenvalue weighted by atomic mass is 10.1. The van der Waals surface area contributed by atoms with Gasteiger partial charge in [-0.1, -0.05) is 30.3 Å². The van der Waals surface area contributed by atoms with Gasteiger partial charge >= 0.3 is 0 Å².